The average molecular weight is 424 g/mol. The van der Waals surface area contributed by atoms with Gasteiger partial charge >= 0.3 is 6.18 Å². The minimum Gasteiger partial charge on any atom is -0.350 e. The molecule has 0 amide bonds. The Morgan fingerprint density at radius 3 is 2.52 bits per heavy atom. The Bertz CT molecular complexity index is 850. The Morgan fingerprint density at radius 1 is 1.07 bits per heavy atom. The Morgan fingerprint density at radius 2 is 1.83 bits per heavy atom. The van der Waals surface area contributed by atoms with Crippen molar-refractivity contribution in [3.63, 3.8) is 0 Å². The second-order valence-electron chi connectivity index (χ2n) is 8.24. The molecule has 5 nitrogen and oxygen atoms in total. The van der Waals surface area contributed by atoms with Crippen LogP contribution in [-0.4, -0.2) is 45.0 Å². The molecule has 0 aromatic carbocycles. The van der Waals surface area contributed by atoms with Crippen LogP contribution >= 0.6 is 11.3 Å². The number of rotatable bonds is 5. The van der Waals surface area contributed by atoms with Crippen molar-refractivity contribution in [2.45, 2.75) is 69.8 Å². The fraction of sp³-hybridized carbons (Fsp3) is 0.650. The molecule has 0 spiro atoms. The third kappa shape index (κ3) is 4.12. The first kappa shape index (κ1) is 19.2. The van der Waals surface area contributed by atoms with Crippen LogP contribution in [-0.2, 0) is 25.6 Å². The van der Waals surface area contributed by atoms with Crippen molar-refractivity contribution in [2.24, 2.45) is 0 Å². The number of hydrogen-bond donors (Lipinski definition) is 0. The number of thiazole rings is 1. The standard InChI is InChI=1S/C20H24F3N5S/c21-20(22,23)17-10-18(25-12-24-17)28(13-4-5-13)14-6-8-27(9-7-14)11-19-26-15-2-1-3-16(15)29-19/h10,12-14H,1-9,11H2. The molecule has 29 heavy (non-hydrogen) atoms. The highest BCUT2D eigenvalue weighted by Crippen LogP contribution is 2.37. The fourth-order valence-corrected chi connectivity index (χ4v) is 5.73. The van der Waals surface area contributed by atoms with Gasteiger partial charge < -0.3 is 4.90 Å². The summed E-state index contributed by atoms with van der Waals surface area (Å²) in [5.41, 5.74) is 0.437. The van der Waals surface area contributed by atoms with E-state index >= 15 is 0 Å². The monoisotopic (exact) mass is 423 g/mol. The van der Waals surface area contributed by atoms with Crippen molar-refractivity contribution in [3.8, 4) is 0 Å². The van der Waals surface area contributed by atoms with Gasteiger partial charge in [0.05, 0.1) is 12.2 Å². The molecule has 3 aliphatic rings. The fourth-order valence-electron chi connectivity index (χ4n) is 4.53. The third-order valence-corrected chi connectivity index (χ3v) is 7.24. The van der Waals surface area contributed by atoms with Gasteiger partial charge in [-0.1, -0.05) is 0 Å². The topological polar surface area (TPSA) is 45.2 Å². The van der Waals surface area contributed by atoms with Gasteiger partial charge in [0.25, 0.3) is 0 Å². The largest absolute Gasteiger partial charge is 0.433 e. The molecule has 156 valence electrons. The number of hydrogen-bond acceptors (Lipinski definition) is 6. The van der Waals surface area contributed by atoms with Crippen molar-refractivity contribution in [2.75, 3.05) is 18.0 Å². The summed E-state index contributed by atoms with van der Waals surface area (Å²) in [5, 5.41) is 1.21. The zero-order chi connectivity index (χ0) is 20.0. The molecule has 2 aromatic rings. The zero-order valence-corrected chi connectivity index (χ0v) is 17.0. The number of aromatic nitrogens is 3. The molecular weight excluding hydrogens is 399 g/mol. The van der Waals surface area contributed by atoms with E-state index in [4.69, 9.17) is 4.98 Å². The van der Waals surface area contributed by atoms with Gasteiger partial charge in [-0.25, -0.2) is 15.0 Å². The van der Waals surface area contributed by atoms with Crippen LogP contribution in [0.15, 0.2) is 12.4 Å². The molecule has 1 saturated heterocycles. The van der Waals surface area contributed by atoms with Crippen LogP contribution in [0.3, 0.4) is 0 Å². The molecule has 0 bridgehead atoms. The number of aryl methyl sites for hydroxylation is 2. The van der Waals surface area contributed by atoms with Crippen LogP contribution in [0.4, 0.5) is 19.0 Å². The molecule has 2 aromatic heterocycles. The Kier molecular flexibility index (Phi) is 4.98. The predicted molar refractivity (Wildman–Crippen MR) is 105 cm³/mol. The molecule has 5 rings (SSSR count). The number of alkyl halides is 3. The van der Waals surface area contributed by atoms with Crippen LogP contribution in [0.1, 0.15) is 53.4 Å². The van der Waals surface area contributed by atoms with Crippen LogP contribution in [0.2, 0.25) is 0 Å². The lowest BCUT2D eigenvalue weighted by molar-refractivity contribution is -0.141. The summed E-state index contributed by atoms with van der Waals surface area (Å²) in [6, 6.07) is 1.66. The SMILES string of the molecule is FC(F)(F)c1cc(N(C2CC2)C2CCN(Cc3nc4c(s3)CCC4)CC2)ncn1. The number of piperidine rings is 1. The van der Waals surface area contributed by atoms with Crippen LogP contribution in [0.25, 0.3) is 0 Å². The van der Waals surface area contributed by atoms with E-state index in [1.165, 1.54) is 28.4 Å². The minimum atomic E-state index is -4.44. The summed E-state index contributed by atoms with van der Waals surface area (Å²) >= 11 is 1.85. The lowest BCUT2D eigenvalue weighted by Gasteiger charge is -2.39. The van der Waals surface area contributed by atoms with E-state index in [0.29, 0.717) is 11.9 Å². The second kappa shape index (κ2) is 7.50. The lowest BCUT2D eigenvalue weighted by atomic mass is 10.0. The normalized spacial score (nSPS) is 20.8. The maximum absolute atomic E-state index is 13.1. The molecule has 2 fully saturated rings. The second-order valence-corrected chi connectivity index (χ2v) is 9.40. The van der Waals surface area contributed by atoms with Gasteiger partial charge in [-0.05, 0) is 44.9 Å². The Balaban J connectivity index is 1.25. The van der Waals surface area contributed by atoms with Crippen molar-refractivity contribution >= 4 is 17.2 Å². The summed E-state index contributed by atoms with van der Waals surface area (Å²) in [6.07, 6.45) is 4.05. The van der Waals surface area contributed by atoms with E-state index < -0.39 is 11.9 Å². The number of fused-ring (bicyclic) bond motifs is 1. The molecule has 0 unspecified atom stereocenters. The summed E-state index contributed by atoms with van der Waals surface area (Å²) in [4.78, 5) is 18.4. The van der Waals surface area contributed by atoms with Gasteiger partial charge in [0, 0.05) is 36.1 Å². The quantitative estimate of drug-likeness (QED) is 0.725. The molecule has 1 saturated carbocycles. The van der Waals surface area contributed by atoms with Crippen LogP contribution in [0.5, 0.6) is 0 Å². The predicted octanol–water partition coefficient (Wildman–Crippen LogP) is 4.07. The van der Waals surface area contributed by atoms with Crippen molar-refractivity contribution in [1.29, 1.82) is 0 Å². The van der Waals surface area contributed by atoms with Gasteiger partial charge in [-0.15, -0.1) is 11.3 Å². The van der Waals surface area contributed by atoms with Gasteiger partial charge in [0.15, 0.2) is 0 Å². The van der Waals surface area contributed by atoms with Gasteiger partial charge in [-0.3, -0.25) is 4.90 Å². The molecule has 1 aliphatic heterocycles. The number of likely N-dealkylation sites (tertiary alicyclic amines) is 1. The van der Waals surface area contributed by atoms with Crippen molar-refractivity contribution in [1.82, 2.24) is 19.9 Å². The highest BCUT2D eigenvalue weighted by molar-refractivity contribution is 7.11. The summed E-state index contributed by atoms with van der Waals surface area (Å²) in [7, 11) is 0. The van der Waals surface area contributed by atoms with E-state index in [1.54, 1.807) is 0 Å². The van der Waals surface area contributed by atoms with Crippen molar-refractivity contribution < 1.29 is 13.2 Å². The lowest BCUT2D eigenvalue weighted by Crippen LogP contribution is -2.46. The number of halogens is 3. The zero-order valence-electron chi connectivity index (χ0n) is 16.2. The van der Waals surface area contributed by atoms with Gasteiger partial charge in [-0.2, -0.15) is 13.2 Å². The highest BCUT2D eigenvalue weighted by Gasteiger charge is 2.39. The third-order valence-electron chi connectivity index (χ3n) is 6.10. The van der Waals surface area contributed by atoms with Gasteiger partial charge in [0.2, 0.25) is 0 Å². The van der Waals surface area contributed by atoms with Crippen molar-refractivity contribution in [3.05, 3.63) is 33.7 Å². The smallest absolute Gasteiger partial charge is 0.350 e. The molecule has 0 atom stereocenters. The molecule has 9 heteroatoms. The number of nitrogens with zero attached hydrogens (tertiary/aromatic N) is 5. The first-order valence-electron chi connectivity index (χ1n) is 10.3. The summed E-state index contributed by atoms with van der Waals surface area (Å²) in [5.74, 6) is 0.421. The van der Waals surface area contributed by atoms with E-state index in [0.717, 1.165) is 64.1 Å². The van der Waals surface area contributed by atoms with Crippen LogP contribution < -0.4 is 4.90 Å². The van der Waals surface area contributed by atoms with E-state index in [-0.39, 0.29) is 6.04 Å². The Labute approximate surface area is 172 Å². The van der Waals surface area contributed by atoms with E-state index in [9.17, 15) is 13.2 Å². The van der Waals surface area contributed by atoms with E-state index in [2.05, 4.69) is 19.8 Å². The molecular formula is C20H24F3N5S. The summed E-state index contributed by atoms with van der Waals surface area (Å²) < 4.78 is 39.3. The average Bonchev–Trinajstić information content (AvgIpc) is 3.30. The number of anilines is 1. The molecule has 2 aliphatic carbocycles. The van der Waals surface area contributed by atoms with Crippen LogP contribution in [0, 0.1) is 0 Å². The molecule has 0 N–H and O–H groups in total. The maximum Gasteiger partial charge on any atom is 0.433 e. The first-order chi connectivity index (χ1) is 14.0. The van der Waals surface area contributed by atoms with Gasteiger partial charge in [0.1, 0.15) is 22.8 Å². The van der Waals surface area contributed by atoms with E-state index in [1.807, 2.05) is 11.3 Å². The minimum absolute atomic E-state index is 0.232. The maximum atomic E-state index is 13.1. The summed E-state index contributed by atoms with van der Waals surface area (Å²) in [6.45, 7) is 2.77. The Hall–Kier alpha value is -1.74. The highest BCUT2D eigenvalue weighted by atomic mass is 32.1. The molecule has 0 radical (unpaired) electrons. The first-order valence-corrected chi connectivity index (χ1v) is 11.2. The molecule has 3 heterocycles.